The summed E-state index contributed by atoms with van der Waals surface area (Å²) in [5.74, 6) is -0.806. The largest absolute Gasteiger partial charge is 0.481 e. The number of benzene rings is 1. The highest BCUT2D eigenvalue weighted by Gasteiger charge is 2.24. The van der Waals surface area contributed by atoms with E-state index < -0.39 is 5.97 Å². The third-order valence-corrected chi connectivity index (χ3v) is 4.89. The number of nitrogens with zero attached hydrogens (tertiary/aromatic N) is 2. The normalized spacial score (nSPS) is 16.1. The summed E-state index contributed by atoms with van der Waals surface area (Å²) < 4.78 is 2.15. The predicted molar refractivity (Wildman–Crippen MR) is 80.6 cm³/mol. The molecule has 0 unspecified atom stereocenters. The lowest BCUT2D eigenvalue weighted by molar-refractivity contribution is -0.133. The van der Waals surface area contributed by atoms with E-state index in [1.165, 1.54) is 24.6 Å². The highest BCUT2D eigenvalue weighted by molar-refractivity contribution is 7.99. The Kier molecular flexibility index (Phi) is 3.89. The molecule has 6 heteroatoms. The quantitative estimate of drug-likeness (QED) is 0.868. The predicted octanol–water partition coefficient (Wildman–Crippen LogP) is 3.98. The zero-order valence-corrected chi connectivity index (χ0v) is 12.5. The number of carboxylic acid groups (broad SMARTS) is 1. The van der Waals surface area contributed by atoms with Crippen LogP contribution in [-0.4, -0.2) is 26.4 Å². The highest BCUT2D eigenvalue weighted by Crippen LogP contribution is 2.38. The first kappa shape index (κ1) is 13.8. The van der Waals surface area contributed by atoms with Gasteiger partial charge in [-0.2, -0.15) is 0 Å². The molecule has 1 aliphatic rings. The van der Waals surface area contributed by atoms with Crippen molar-refractivity contribution in [1.29, 1.82) is 0 Å². The van der Waals surface area contributed by atoms with Crippen LogP contribution in [0.25, 0.3) is 11.0 Å². The molecule has 1 fully saturated rings. The summed E-state index contributed by atoms with van der Waals surface area (Å²) in [6, 6.07) is 6.05. The number of fused-ring (bicyclic) bond motifs is 1. The van der Waals surface area contributed by atoms with E-state index in [2.05, 4.69) is 9.55 Å². The Morgan fingerprint density at radius 3 is 2.90 bits per heavy atom. The number of carboxylic acids is 1. The lowest BCUT2D eigenvalue weighted by atomic mass is 10.2. The smallest absolute Gasteiger partial charge is 0.313 e. The summed E-state index contributed by atoms with van der Waals surface area (Å²) in [5.41, 5.74) is 1.78. The van der Waals surface area contributed by atoms with E-state index in [0.29, 0.717) is 11.1 Å². The lowest BCUT2D eigenvalue weighted by Crippen LogP contribution is -2.08. The summed E-state index contributed by atoms with van der Waals surface area (Å²) in [4.78, 5) is 15.4. The van der Waals surface area contributed by atoms with Gasteiger partial charge in [0.2, 0.25) is 0 Å². The molecule has 0 atom stereocenters. The summed E-state index contributed by atoms with van der Waals surface area (Å²) >= 11 is 7.60. The summed E-state index contributed by atoms with van der Waals surface area (Å²) in [7, 11) is 0. The van der Waals surface area contributed by atoms with E-state index in [1.807, 2.05) is 18.2 Å². The standard InChI is InChI=1S/C14H15ClN2O2S/c15-10-6-3-7-11-13(10)17(9-4-1-2-5-9)14(16-11)20-8-12(18)19/h3,6-7,9H,1-2,4-5,8H2,(H,18,19). The maximum Gasteiger partial charge on any atom is 0.313 e. The minimum Gasteiger partial charge on any atom is -0.481 e. The Bertz CT molecular complexity index is 650. The lowest BCUT2D eigenvalue weighted by Gasteiger charge is -2.16. The van der Waals surface area contributed by atoms with E-state index >= 15 is 0 Å². The van der Waals surface area contributed by atoms with Crippen LogP contribution in [0.15, 0.2) is 23.4 Å². The number of rotatable bonds is 4. The molecule has 1 heterocycles. The van der Waals surface area contributed by atoms with Gasteiger partial charge < -0.3 is 9.67 Å². The van der Waals surface area contributed by atoms with Crippen LogP contribution in [0.1, 0.15) is 31.7 Å². The van der Waals surface area contributed by atoms with Gasteiger partial charge in [0.25, 0.3) is 0 Å². The molecule has 20 heavy (non-hydrogen) atoms. The van der Waals surface area contributed by atoms with Crippen LogP contribution in [0, 0.1) is 0 Å². The van der Waals surface area contributed by atoms with Crippen molar-refractivity contribution in [2.75, 3.05) is 5.75 Å². The number of para-hydroxylation sites is 1. The van der Waals surface area contributed by atoms with Crippen LogP contribution < -0.4 is 0 Å². The number of carbonyl (C=O) groups is 1. The number of halogens is 1. The van der Waals surface area contributed by atoms with Crippen LogP contribution >= 0.6 is 23.4 Å². The van der Waals surface area contributed by atoms with Crippen molar-refractivity contribution in [3.63, 3.8) is 0 Å². The van der Waals surface area contributed by atoms with Gasteiger partial charge in [0.15, 0.2) is 5.16 Å². The summed E-state index contributed by atoms with van der Waals surface area (Å²) in [6.45, 7) is 0. The van der Waals surface area contributed by atoms with Gasteiger partial charge in [-0.3, -0.25) is 4.79 Å². The first-order valence-electron chi connectivity index (χ1n) is 6.68. The van der Waals surface area contributed by atoms with Gasteiger partial charge in [0, 0.05) is 6.04 Å². The minimum atomic E-state index is -0.828. The number of hydrogen-bond acceptors (Lipinski definition) is 3. The fourth-order valence-corrected chi connectivity index (χ4v) is 3.87. The molecule has 1 aromatic heterocycles. The monoisotopic (exact) mass is 310 g/mol. The van der Waals surface area contributed by atoms with Gasteiger partial charge in [0.05, 0.1) is 21.8 Å². The molecule has 0 bridgehead atoms. The number of aromatic nitrogens is 2. The van der Waals surface area contributed by atoms with E-state index in [0.717, 1.165) is 29.0 Å². The molecule has 0 saturated heterocycles. The maximum atomic E-state index is 10.8. The molecule has 0 spiro atoms. The van der Waals surface area contributed by atoms with Crippen LogP contribution in [0.4, 0.5) is 0 Å². The first-order chi connectivity index (χ1) is 9.66. The Balaban J connectivity index is 2.09. The van der Waals surface area contributed by atoms with Crippen molar-refractivity contribution in [1.82, 2.24) is 9.55 Å². The second-order valence-electron chi connectivity index (χ2n) is 4.99. The molecular formula is C14H15ClN2O2S. The Morgan fingerprint density at radius 1 is 1.45 bits per heavy atom. The molecule has 1 aliphatic carbocycles. The molecule has 4 nitrogen and oxygen atoms in total. The van der Waals surface area contributed by atoms with Crippen molar-refractivity contribution >= 4 is 40.4 Å². The molecule has 0 amide bonds. The van der Waals surface area contributed by atoms with Crippen LogP contribution in [0.5, 0.6) is 0 Å². The number of thioether (sulfide) groups is 1. The van der Waals surface area contributed by atoms with E-state index in [1.54, 1.807) is 0 Å². The third-order valence-electron chi connectivity index (χ3n) is 3.64. The summed E-state index contributed by atoms with van der Waals surface area (Å²) in [6.07, 6.45) is 4.63. The number of imidazole rings is 1. The van der Waals surface area contributed by atoms with Gasteiger partial charge in [-0.05, 0) is 25.0 Å². The van der Waals surface area contributed by atoms with Crippen LogP contribution in [0.2, 0.25) is 5.02 Å². The molecule has 3 rings (SSSR count). The Morgan fingerprint density at radius 2 is 2.20 bits per heavy atom. The Hall–Kier alpha value is -1.20. The molecule has 0 aliphatic heterocycles. The molecule has 1 N–H and O–H groups in total. The molecule has 1 aromatic carbocycles. The third kappa shape index (κ3) is 2.52. The van der Waals surface area contributed by atoms with Crippen LogP contribution in [-0.2, 0) is 4.79 Å². The Labute approximate surface area is 126 Å². The van der Waals surface area contributed by atoms with Crippen molar-refractivity contribution in [3.8, 4) is 0 Å². The molecular weight excluding hydrogens is 296 g/mol. The van der Waals surface area contributed by atoms with E-state index in [4.69, 9.17) is 16.7 Å². The van der Waals surface area contributed by atoms with Crippen molar-refractivity contribution in [2.24, 2.45) is 0 Å². The van der Waals surface area contributed by atoms with Crippen molar-refractivity contribution < 1.29 is 9.90 Å². The topological polar surface area (TPSA) is 55.1 Å². The summed E-state index contributed by atoms with van der Waals surface area (Å²) in [5, 5.41) is 10.3. The highest BCUT2D eigenvalue weighted by atomic mass is 35.5. The molecule has 106 valence electrons. The van der Waals surface area contributed by atoms with Crippen molar-refractivity contribution in [2.45, 2.75) is 36.9 Å². The number of hydrogen-bond donors (Lipinski definition) is 1. The first-order valence-corrected chi connectivity index (χ1v) is 8.04. The van der Waals surface area contributed by atoms with Gasteiger partial charge >= 0.3 is 5.97 Å². The molecule has 2 aromatic rings. The molecule has 1 saturated carbocycles. The SMILES string of the molecule is O=C(O)CSc1nc2cccc(Cl)c2n1C1CCCC1. The zero-order valence-electron chi connectivity index (χ0n) is 10.9. The van der Waals surface area contributed by atoms with Gasteiger partial charge in [-0.1, -0.05) is 42.3 Å². The zero-order chi connectivity index (χ0) is 14.1. The van der Waals surface area contributed by atoms with Crippen molar-refractivity contribution in [3.05, 3.63) is 23.2 Å². The maximum absolute atomic E-state index is 10.8. The second kappa shape index (κ2) is 5.66. The minimum absolute atomic E-state index is 0.0215. The molecule has 0 radical (unpaired) electrons. The van der Waals surface area contributed by atoms with E-state index in [-0.39, 0.29) is 5.75 Å². The van der Waals surface area contributed by atoms with E-state index in [9.17, 15) is 4.79 Å². The average Bonchev–Trinajstić information content (AvgIpc) is 3.03. The fraction of sp³-hybridized carbons (Fsp3) is 0.429. The van der Waals surface area contributed by atoms with Gasteiger partial charge in [0.1, 0.15) is 0 Å². The average molecular weight is 311 g/mol. The van der Waals surface area contributed by atoms with Gasteiger partial charge in [-0.25, -0.2) is 4.98 Å². The second-order valence-corrected chi connectivity index (χ2v) is 6.34. The van der Waals surface area contributed by atoms with Crippen LogP contribution in [0.3, 0.4) is 0 Å². The van der Waals surface area contributed by atoms with Gasteiger partial charge in [-0.15, -0.1) is 0 Å². The number of aliphatic carboxylic acids is 1. The fourth-order valence-electron chi connectivity index (χ4n) is 2.81.